The summed E-state index contributed by atoms with van der Waals surface area (Å²) in [6, 6.07) is 9.93. The molecule has 23 heavy (non-hydrogen) atoms. The van der Waals surface area contributed by atoms with Crippen molar-refractivity contribution < 1.29 is 23.1 Å². The van der Waals surface area contributed by atoms with Gasteiger partial charge in [-0.2, -0.15) is 0 Å². The second-order valence-electron chi connectivity index (χ2n) is 6.03. The molecule has 1 atom stereocenters. The van der Waals surface area contributed by atoms with Gasteiger partial charge in [-0.3, -0.25) is 4.57 Å². The van der Waals surface area contributed by atoms with E-state index in [0.717, 1.165) is 5.56 Å². The van der Waals surface area contributed by atoms with Crippen LogP contribution < -0.4 is 0 Å². The molecule has 0 spiro atoms. The van der Waals surface area contributed by atoms with Crippen LogP contribution in [0.1, 0.15) is 40.2 Å². The first-order valence-electron chi connectivity index (χ1n) is 8.00. The molecule has 0 amide bonds. The zero-order valence-electron chi connectivity index (χ0n) is 14.7. The van der Waals surface area contributed by atoms with E-state index in [0.29, 0.717) is 13.2 Å². The summed E-state index contributed by atoms with van der Waals surface area (Å²) >= 11 is 0. The quantitative estimate of drug-likeness (QED) is 0.549. The molecule has 0 aliphatic carbocycles. The van der Waals surface area contributed by atoms with E-state index in [9.17, 15) is 4.57 Å². The topological polar surface area (TPSA) is 54.0 Å². The molecular weight excluding hydrogens is 315 g/mol. The van der Waals surface area contributed by atoms with Crippen LogP contribution in [-0.2, 0) is 29.7 Å². The van der Waals surface area contributed by atoms with Crippen LogP contribution in [0.2, 0.25) is 0 Å². The van der Waals surface area contributed by atoms with E-state index in [4.69, 9.17) is 18.5 Å². The molecule has 0 aromatic heterocycles. The van der Waals surface area contributed by atoms with E-state index in [2.05, 4.69) is 0 Å². The first-order valence-corrected chi connectivity index (χ1v) is 9.72. The van der Waals surface area contributed by atoms with Crippen molar-refractivity contribution in [2.75, 3.05) is 13.0 Å². The fourth-order valence-corrected chi connectivity index (χ4v) is 3.81. The van der Waals surface area contributed by atoms with Crippen LogP contribution in [0.5, 0.6) is 0 Å². The zero-order chi connectivity index (χ0) is 17.3. The highest BCUT2D eigenvalue weighted by Crippen LogP contribution is 2.50. The zero-order valence-corrected chi connectivity index (χ0v) is 15.6. The van der Waals surface area contributed by atoms with Crippen molar-refractivity contribution in [1.29, 1.82) is 0 Å². The fraction of sp³-hybridized carbons (Fsp3) is 0.647. The summed E-state index contributed by atoms with van der Waals surface area (Å²) in [4.78, 5) is 0. The average Bonchev–Trinajstić information content (AvgIpc) is 2.44. The Labute approximate surface area is 139 Å². The van der Waals surface area contributed by atoms with Crippen LogP contribution in [-0.4, -0.2) is 31.3 Å². The van der Waals surface area contributed by atoms with Gasteiger partial charge < -0.3 is 18.5 Å². The molecule has 132 valence electrons. The average molecular weight is 344 g/mol. The lowest BCUT2D eigenvalue weighted by Gasteiger charge is -2.24. The molecule has 0 saturated heterocycles. The van der Waals surface area contributed by atoms with Crippen molar-refractivity contribution in [1.82, 2.24) is 0 Å². The highest BCUT2D eigenvalue weighted by Gasteiger charge is 2.29. The lowest BCUT2D eigenvalue weighted by atomic mass is 10.2. The van der Waals surface area contributed by atoms with Gasteiger partial charge in [0.2, 0.25) is 0 Å². The first kappa shape index (κ1) is 20.3. The predicted molar refractivity (Wildman–Crippen MR) is 91.6 cm³/mol. The van der Waals surface area contributed by atoms with Gasteiger partial charge in [-0.05, 0) is 40.2 Å². The summed E-state index contributed by atoms with van der Waals surface area (Å²) < 4.78 is 34.7. The minimum absolute atomic E-state index is 0.0702. The molecule has 0 bridgehead atoms. The lowest BCUT2D eigenvalue weighted by Crippen LogP contribution is -2.19. The summed E-state index contributed by atoms with van der Waals surface area (Å²) in [5.41, 5.74) is 1.11. The SMILES string of the molecule is CC(C)OP(=O)(CO[C@@H](C)COCc1ccccc1)OC(C)C. The van der Waals surface area contributed by atoms with Gasteiger partial charge in [-0.15, -0.1) is 0 Å². The van der Waals surface area contributed by atoms with Gasteiger partial charge in [0.15, 0.2) is 0 Å². The Kier molecular flexibility index (Phi) is 9.03. The van der Waals surface area contributed by atoms with Crippen LogP contribution in [0.15, 0.2) is 30.3 Å². The molecule has 0 saturated carbocycles. The number of rotatable bonds is 11. The summed E-state index contributed by atoms with van der Waals surface area (Å²) in [7, 11) is -3.25. The van der Waals surface area contributed by atoms with Gasteiger partial charge in [-0.1, -0.05) is 30.3 Å². The smallest absolute Gasteiger partial charge is 0.356 e. The summed E-state index contributed by atoms with van der Waals surface area (Å²) in [6.45, 7) is 10.1. The molecule has 0 aliphatic heterocycles. The predicted octanol–water partition coefficient (Wildman–Crippen LogP) is 4.61. The summed E-state index contributed by atoms with van der Waals surface area (Å²) in [5.74, 6) is 0. The van der Waals surface area contributed by atoms with Crippen LogP contribution in [0, 0.1) is 0 Å². The maximum absolute atomic E-state index is 12.6. The highest BCUT2D eigenvalue weighted by molar-refractivity contribution is 7.53. The van der Waals surface area contributed by atoms with E-state index < -0.39 is 7.60 Å². The Morgan fingerprint density at radius 2 is 1.52 bits per heavy atom. The minimum atomic E-state index is -3.25. The number of hydrogen-bond acceptors (Lipinski definition) is 5. The van der Waals surface area contributed by atoms with Crippen LogP contribution in [0.4, 0.5) is 0 Å². The van der Waals surface area contributed by atoms with Gasteiger partial charge in [-0.25, -0.2) is 0 Å². The van der Waals surface area contributed by atoms with Crippen molar-refractivity contribution >= 4 is 7.60 Å². The third-order valence-corrected chi connectivity index (χ3v) is 4.68. The highest BCUT2D eigenvalue weighted by atomic mass is 31.2. The van der Waals surface area contributed by atoms with Crippen molar-refractivity contribution in [2.45, 2.75) is 59.5 Å². The second-order valence-corrected chi connectivity index (χ2v) is 7.93. The molecule has 1 aromatic carbocycles. The Bertz CT molecular complexity index is 461. The van der Waals surface area contributed by atoms with Crippen LogP contribution in [0.25, 0.3) is 0 Å². The fourth-order valence-electron chi connectivity index (χ4n) is 1.91. The monoisotopic (exact) mass is 344 g/mol. The molecule has 0 fully saturated rings. The van der Waals surface area contributed by atoms with Crippen LogP contribution >= 0.6 is 7.60 Å². The Balaban J connectivity index is 2.36. The molecular formula is C17H29O5P. The third kappa shape index (κ3) is 9.23. The van der Waals surface area contributed by atoms with Gasteiger partial charge >= 0.3 is 7.60 Å². The number of hydrogen-bond donors (Lipinski definition) is 0. The van der Waals surface area contributed by atoms with E-state index in [1.165, 1.54) is 0 Å². The van der Waals surface area contributed by atoms with E-state index >= 15 is 0 Å². The van der Waals surface area contributed by atoms with Crippen LogP contribution in [0.3, 0.4) is 0 Å². The van der Waals surface area contributed by atoms with Crippen molar-refractivity contribution in [3.8, 4) is 0 Å². The van der Waals surface area contributed by atoms with Gasteiger partial charge in [0.25, 0.3) is 0 Å². The first-order chi connectivity index (χ1) is 10.8. The summed E-state index contributed by atoms with van der Waals surface area (Å²) in [6.07, 6.45) is -0.640. The largest absolute Gasteiger partial charge is 0.374 e. The second kappa shape index (κ2) is 10.2. The molecule has 6 heteroatoms. The van der Waals surface area contributed by atoms with Gasteiger partial charge in [0, 0.05) is 0 Å². The maximum atomic E-state index is 12.6. The molecule has 0 heterocycles. The molecule has 1 rings (SSSR count). The lowest BCUT2D eigenvalue weighted by molar-refractivity contribution is -0.00527. The van der Waals surface area contributed by atoms with Crippen molar-refractivity contribution in [3.63, 3.8) is 0 Å². The molecule has 0 N–H and O–H groups in total. The normalized spacial score (nSPS) is 13.7. The van der Waals surface area contributed by atoms with Gasteiger partial charge in [0.1, 0.15) is 6.35 Å². The molecule has 0 aliphatic rings. The van der Waals surface area contributed by atoms with Crippen molar-refractivity contribution in [3.05, 3.63) is 35.9 Å². The standard InChI is InChI=1S/C17H29O5P/c1-14(2)21-23(18,22-15(3)4)13-20-16(5)11-19-12-17-9-7-6-8-10-17/h6-10,14-16H,11-13H2,1-5H3/t16-/m0/s1. The summed E-state index contributed by atoms with van der Waals surface area (Å²) in [5, 5.41) is 0. The Hall–Kier alpha value is -0.710. The number of ether oxygens (including phenoxy) is 2. The van der Waals surface area contributed by atoms with E-state index in [1.807, 2.05) is 65.0 Å². The van der Waals surface area contributed by atoms with Gasteiger partial charge in [0.05, 0.1) is 31.5 Å². The van der Waals surface area contributed by atoms with E-state index in [1.54, 1.807) is 0 Å². The van der Waals surface area contributed by atoms with Crippen molar-refractivity contribution in [2.24, 2.45) is 0 Å². The third-order valence-electron chi connectivity index (χ3n) is 2.72. The molecule has 5 nitrogen and oxygen atoms in total. The minimum Gasteiger partial charge on any atom is -0.374 e. The number of benzene rings is 1. The molecule has 0 unspecified atom stereocenters. The Morgan fingerprint density at radius 3 is 2.04 bits per heavy atom. The Morgan fingerprint density at radius 1 is 0.957 bits per heavy atom. The maximum Gasteiger partial charge on any atom is 0.356 e. The molecule has 0 radical (unpaired) electrons. The van der Waals surface area contributed by atoms with E-state index in [-0.39, 0.29) is 24.7 Å². The molecule has 1 aromatic rings.